The number of aromatic nitrogens is 1. The molecular weight excluding hydrogens is 282 g/mol. The maximum atomic E-state index is 13.7. The van der Waals surface area contributed by atoms with Crippen LogP contribution < -0.4 is 5.73 Å². The van der Waals surface area contributed by atoms with Crippen molar-refractivity contribution >= 4 is 21.7 Å². The maximum Gasteiger partial charge on any atom is 0.189 e. The lowest BCUT2D eigenvalue weighted by Gasteiger charge is -2.03. The van der Waals surface area contributed by atoms with Gasteiger partial charge in [-0.2, -0.15) is 0 Å². The molecule has 0 unspecified atom stereocenters. The zero-order valence-corrected chi connectivity index (χ0v) is 9.81. The average Bonchev–Trinajstić information content (AvgIpc) is 2.56. The first-order valence-electron chi connectivity index (χ1n) is 4.38. The fraction of sp³-hybridized carbons (Fsp3) is 0.100. The molecule has 2 N–H and O–H groups in total. The number of anilines is 1. The van der Waals surface area contributed by atoms with Gasteiger partial charge in [-0.1, -0.05) is 11.2 Å². The van der Waals surface area contributed by atoms with Gasteiger partial charge in [0.05, 0.1) is 5.56 Å². The van der Waals surface area contributed by atoms with E-state index in [4.69, 9.17) is 10.3 Å². The Kier molecular flexibility index (Phi) is 2.67. The summed E-state index contributed by atoms with van der Waals surface area (Å²) in [5.41, 5.74) is 5.47. The van der Waals surface area contributed by atoms with E-state index in [0.717, 1.165) is 0 Å². The van der Waals surface area contributed by atoms with Gasteiger partial charge in [0.1, 0.15) is 16.1 Å². The molecule has 84 valence electrons. The molecule has 2 aromatic rings. The lowest BCUT2D eigenvalue weighted by Crippen LogP contribution is -1.93. The fourth-order valence-electron chi connectivity index (χ4n) is 1.31. The van der Waals surface area contributed by atoms with E-state index in [1.165, 1.54) is 19.1 Å². The zero-order chi connectivity index (χ0) is 11.9. The topological polar surface area (TPSA) is 52.0 Å². The first kappa shape index (κ1) is 11.1. The Labute approximate surface area is 98.4 Å². The summed E-state index contributed by atoms with van der Waals surface area (Å²) in [6.07, 6.45) is 0. The fourth-order valence-corrected chi connectivity index (χ4v) is 1.65. The van der Waals surface area contributed by atoms with E-state index in [1.807, 2.05) is 0 Å². The summed E-state index contributed by atoms with van der Waals surface area (Å²) < 4.78 is 32.3. The molecule has 1 aromatic carbocycles. The standard InChI is InChI=1S/C10H7BrF2N2O/c1-4-2-3-5(12)6(8(4)13)9-7(11)10(14)15-16-9/h2-3H,1H3,(H2,14,15). The van der Waals surface area contributed by atoms with Gasteiger partial charge in [-0.25, -0.2) is 8.78 Å². The Balaban J connectivity index is 2.73. The highest BCUT2D eigenvalue weighted by atomic mass is 79.9. The van der Waals surface area contributed by atoms with E-state index in [2.05, 4.69) is 21.1 Å². The Hall–Kier alpha value is -1.43. The third-order valence-corrected chi connectivity index (χ3v) is 2.94. The second kappa shape index (κ2) is 3.86. The van der Waals surface area contributed by atoms with Crippen LogP contribution in [-0.2, 0) is 0 Å². The van der Waals surface area contributed by atoms with Crippen molar-refractivity contribution in [3.63, 3.8) is 0 Å². The second-order valence-corrected chi connectivity index (χ2v) is 4.06. The number of nitrogens with zero attached hydrogens (tertiary/aromatic N) is 1. The third-order valence-electron chi connectivity index (χ3n) is 2.17. The van der Waals surface area contributed by atoms with Crippen LogP contribution in [0, 0.1) is 18.6 Å². The van der Waals surface area contributed by atoms with Gasteiger partial charge in [-0.05, 0) is 34.5 Å². The van der Waals surface area contributed by atoms with Gasteiger partial charge in [-0.3, -0.25) is 0 Å². The van der Waals surface area contributed by atoms with Crippen molar-refractivity contribution in [3.05, 3.63) is 33.8 Å². The molecule has 2 rings (SSSR count). The normalized spacial score (nSPS) is 10.8. The van der Waals surface area contributed by atoms with E-state index in [9.17, 15) is 8.78 Å². The SMILES string of the molecule is Cc1ccc(F)c(-c2onc(N)c2Br)c1F. The summed E-state index contributed by atoms with van der Waals surface area (Å²) in [5, 5.41) is 3.43. The summed E-state index contributed by atoms with van der Waals surface area (Å²) in [4.78, 5) is 0. The number of hydrogen-bond donors (Lipinski definition) is 1. The average molecular weight is 289 g/mol. The Morgan fingerprint density at radius 3 is 2.62 bits per heavy atom. The predicted molar refractivity (Wildman–Crippen MR) is 58.7 cm³/mol. The van der Waals surface area contributed by atoms with Crippen LogP contribution in [0.4, 0.5) is 14.6 Å². The molecule has 0 fully saturated rings. The van der Waals surface area contributed by atoms with Crippen LogP contribution in [0.3, 0.4) is 0 Å². The molecule has 0 radical (unpaired) electrons. The van der Waals surface area contributed by atoms with Gasteiger partial charge in [0, 0.05) is 0 Å². The van der Waals surface area contributed by atoms with Gasteiger partial charge < -0.3 is 10.3 Å². The van der Waals surface area contributed by atoms with Crippen molar-refractivity contribution in [1.29, 1.82) is 0 Å². The molecule has 0 aliphatic heterocycles. The quantitative estimate of drug-likeness (QED) is 0.876. The van der Waals surface area contributed by atoms with Crippen molar-refractivity contribution in [2.45, 2.75) is 6.92 Å². The van der Waals surface area contributed by atoms with Crippen LogP contribution in [0.5, 0.6) is 0 Å². The minimum Gasteiger partial charge on any atom is -0.380 e. The second-order valence-electron chi connectivity index (χ2n) is 3.26. The first-order valence-corrected chi connectivity index (χ1v) is 5.17. The van der Waals surface area contributed by atoms with Gasteiger partial charge in [0.2, 0.25) is 0 Å². The zero-order valence-electron chi connectivity index (χ0n) is 8.22. The van der Waals surface area contributed by atoms with E-state index >= 15 is 0 Å². The highest BCUT2D eigenvalue weighted by molar-refractivity contribution is 9.10. The molecule has 0 aliphatic rings. The minimum atomic E-state index is -0.722. The summed E-state index contributed by atoms with van der Waals surface area (Å²) in [6, 6.07) is 2.51. The first-order chi connectivity index (χ1) is 7.52. The highest BCUT2D eigenvalue weighted by Gasteiger charge is 2.21. The van der Waals surface area contributed by atoms with Crippen molar-refractivity contribution in [2.24, 2.45) is 0 Å². The molecule has 6 heteroatoms. The summed E-state index contributed by atoms with van der Waals surface area (Å²) in [5.74, 6) is -1.40. The number of hydrogen-bond acceptors (Lipinski definition) is 3. The van der Waals surface area contributed by atoms with Gasteiger partial charge >= 0.3 is 0 Å². The summed E-state index contributed by atoms with van der Waals surface area (Å²) >= 11 is 3.07. The number of rotatable bonds is 1. The Bertz CT molecular complexity index is 554. The van der Waals surface area contributed by atoms with E-state index in [-0.39, 0.29) is 21.6 Å². The number of nitrogen functional groups attached to an aromatic ring is 1. The highest BCUT2D eigenvalue weighted by Crippen LogP contribution is 2.36. The molecule has 0 saturated heterocycles. The molecular formula is C10H7BrF2N2O. The van der Waals surface area contributed by atoms with Crippen LogP contribution in [0.15, 0.2) is 21.1 Å². The smallest absolute Gasteiger partial charge is 0.189 e. The maximum absolute atomic E-state index is 13.7. The Morgan fingerprint density at radius 1 is 1.38 bits per heavy atom. The van der Waals surface area contributed by atoms with Gasteiger partial charge in [-0.15, -0.1) is 0 Å². The van der Waals surface area contributed by atoms with E-state index in [1.54, 1.807) is 0 Å². The summed E-state index contributed by atoms with van der Waals surface area (Å²) in [7, 11) is 0. The molecule has 0 atom stereocenters. The molecule has 0 spiro atoms. The van der Waals surface area contributed by atoms with Crippen LogP contribution in [0.1, 0.15) is 5.56 Å². The minimum absolute atomic E-state index is 0.0452. The largest absolute Gasteiger partial charge is 0.380 e. The van der Waals surface area contributed by atoms with Crippen LogP contribution in [0.25, 0.3) is 11.3 Å². The van der Waals surface area contributed by atoms with Crippen LogP contribution >= 0.6 is 15.9 Å². The lowest BCUT2D eigenvalue weighted by molar-refractivity contribution is 0.429. The third kappa shape index (κ3) is 1.59. The molecule has 1 aromatic heterocycles. The molecule has 3 nitrogen and oxygen atoms in total. The van der Waals surface area contributed by atoms with Crippen molar-refractivity contribution < 1.29 is 13.3 Å². The summed E-state index contributed by atoms with van der Waals surface area (Å²) in [6.45, 7) is 1.53. The van der Waals surface area contributed by atoms with Crippen molar-refractivity contribution in [1.82, 2.24) is 5.16 Å². The van der Waals surface area contributed by atoms with Gasteiger partial charge in [0.25, 0.3) is 0 Å². The molecule has 1 heterocycles. The molecule has 0 aliphatic carbocycles. The number of aryl methyl sites for hydroxylation is 1. The number of nitrogens with two attached hydrogens (primary N) is 1. The van der Waals surface area contributed by atoms with E-state index < -0.39 is 11.6 Å². The van der Waals surface area contributed by atoms with E-state index in [0.29, 0.717) is 5.56 Å². The lowest BCUT2D eigenvalue weighted by atomic mass is 10.1. The van der Waals surface area contributed by atoms with Crippen molar-refractivity contribution in [3.8, 4) is 11.3 Å². The van der Waals surface area contributed by atoms with Crippen LogP contribution in [0.2, 0.25) is 0 Å². The molecule has 0 bridgehead atoms. The number of benzene rings is 1. The monoisotopic (exact) mass is 288 g/mol. The molecule has 0 amide bonds. The molecule has 0 saturated carbocycles. The van der Waals surface area contributed by atoms with Crippen molar-refractivity contribution in [2.75, 3.05) is 5.73 Å². The van der Waals surface area contributed by atoms with Gasteiger partial charge in [0.15, 0.2) is 11.6 Å². The van der Waals surface area contributed by atoms with Crippen LogP contribution in [-0.4, -0.2) is 5.16 Å². The number of halogens is 3. The predicted octanol–water partition coefficient (Wildman–Crippen LogP) is 3.27. The Morgan fingerprint density at radius 2 is 2.06 bits per heavy atom. The molecule has 16 heavy (non-hydrogen) atoms.